The SMILES string of the molecule is CC(Oc1ccc(Cl)cc1Br)C(=O)Nc1cccc(C(=O)N(C)c2ccccc2)c1. The van der Waals surface area contributed by atoms with E-state index >= 15 is 0 Å². The van der Waals surface area contributed by atoms with E-state index < -0.39 is 6.10 Å². The van der Waals surface area contributed by atoms with E-state index in [1.807, 2.05) is 30.3 Å². The number of anilines is 2. The molecule has 0 bridgehead atoms. The number of benzene rings is 3. The Morgan fingerprint density at radius 3 is 2.47 bits per heavy atom. The first-order chi connectivity index (χ1) is 14.3. The molecule has 7 heteroatoms. The maximum absolute atomic E-state index is 12.8. The molecule has 154 valence electrons. The number of hydrogen-bond acceptors (Lipinski definition) is 3. The minimum atomic E-state index is -0.756. The predicted molar refractivity (Wildman–Crippen MR) is 123 cm³/mol. The van der Waals surface area contributed by atoms with Crippen LogP contribution >= 0.6 is 27.5 Å². The van der Waals surface area contributed by atoms with Gasteiger partial charge in [-0.05, 0) is 71.4 Å². The normalized spacial score (nSPS) is 11.5. The van der Waals surface area contributed by atoms with E-state index in [1.54, 1.807) is 61.3 Å². The molecule has 1 N–H and O–H groups in total. The molecule has 0 saturated heterocycles. The first-order valence-corrected chi connectivity index (χ1v) is 10.4. The summed E-state index contributed by atoms with van der Waals surface area (Å²) >= 11 is 9.30. The van der Waals surface area contributed by atoms with Gasteiger partial charge >= 0.3 is 0 Å². The third kappa shape index (κ3) is 5.40. The second-order valence-corrected chi connectivity index (χ2v) is 7.90. The average molecular weight is 488 g/mol. The van der Waals surface area contributed by atoms with Crippen molar-refractivity contribution in [2.24, 2.45) is 0 Å². The Balaban J connectivity index is 1.68. The highest BCUT2D eigenvalue weighted by molar-refractivity contribution is 9.10. The van der Waals surface area contributed by atoms with E-state index in [9.17, 15) is 9.59 Å². The van der Waals surface area contributed by atoms with E-state index in [0.717, 1.165) is 5.69 Å². The number of nitrogens with one attached hydrogen (secondary N) is 1. The third-order valence-corrected chi connectivity index (χ3v) is 5.25. The minimum absolute atomic E-state index is 0.174. The smallest absolute Gasteiger partial charge is 0.265 e. The molecule has 1 atom stereocenters. The molecule has 0 spiro atoms. The molecule has 30 heavy (non-hydrogen) atoms. The number of hydrogen-bond donors (Lipinski definition) is 1. The van der Waals surface area contributed by atoms with E-state index in [0.29, 0.717) is 26.5 Å². The van der Waals surface area contributed by atoms with Crippen molar-refractivity contribution in [3.05, 3.63) is 87.9 Å². The Bertz CT molecular complexity index is 1060. The number of carbonyl (C=O) groups excluding carboxylic acids is 2. The molecule has 3 aromatic rings. The zero-order chi connectivity index (χ0) is 21.7. The van der Waals surface area contributed by atoms with E-state index in [1.165, 1.54) is 0 Å². The summed E-state index contributed by atoms with van der Waals surface area (Å²) in [5, 5.41) is 3.35. The average Bonchev–Trinajstić information content (AvgIpc) is 2.75. The van der Waals surface area contributed by atoms with E-state index in [-0.39, 0.29) is 11.8 Å². The lowest BCUT2D eigenvalue weighted by molar-refractivity contribution is -0.122. The van der Waals surface area contributed by atoms with Crippen LogP contribution in [0.4, 0.5) is 11.4 Å². The molecule has 1 unspecified atom stereocenters. The third-order valence-electron chi connectivity index (χ3n) is 4.39. The van der Waals surface area contributed by atoms with Crippen LogP contribution in [0.2, 0.25) is 5.02 Å². The van der Waals surface area contributed by atoms with Crippen molar-refractivity contribution in [2.75, 3.05) is 17.3 Å². The molecule has 0 aromatic heterocycles. The zero-order valence-corrected chi connectivity index (χ0v) is 18.8. The minimum Gasteiger partial charge on any atom is -0.480 e. The van der Waals surface area contributed by atoms with Gasteiger partial charge in [0.25, 0.3) is 11.8 Å². The standard InChI is InChI=1S/C23H20BrClN2O3/c1-15(30-21-12-11-17(25)14-20(21)24)22(28)26-18-8-6-7-16(13-18)23(29)27(2)19-9-4-3-5-10-19/h3-15H,1-2H3,(H,26,28). The van der Waals surface area contributed by atoms with Crippen LogP contribution in [-0.4, -0.2) is 25.0 Å². The summed E-state index contributed by atoms with van der Waals surface area (Å²) in [7, 11) is 1.71. The van der Waals surface area contributed by atoms with Gasteiger partial charge in [-0.1, -0.05) is 35.9 Å². The second-order valence-electron chi connectivity index (χ2n) is 6.60. The van der Waals surface area contributed by atoms with E-state index in [4.69, 9.17) is 16.3 Å². The summed E-state index contributed by atoms with van der Waals surface area (Å²) in [5.74, 6) is 0.0000182. The molecule has 0 saturated carbocycles. The van der Waals surface area contributed by atoms with Crippen LogP contribution < -0.4 is 15.0 Å². The molecular formula is C23H20BrClN2O3. The van der Waals surface area contributed by atoms with Crippen molar-refractivity contribution in [1.29, 1.82) is 0 Å². The van der Waals surface area contributed by atoms with Crippen LogP contribution in [0.3, 0.4) is 0 Å². The van der Waals surface area contributed by atoms with Gasteiger partial charge in [0.05, 0.1) is 4.47 Å². The summed E-state index contributed by atoms with van der Waals surface area (Å²) < 4.78 is 6.37. The Hall–Kier alpha value is -2.83. The lowest BCUT2D eigenvalue weighted by Crippen LogP contribution is -2.30. The van der Waals surface area contributed by atoms with Crippen LogP contribution in [-0.2, 0) is 4.79 Å². The monoisotopic (exact) mass is 486 g/mol. The highest BCUT2D eigenvalue weighted by Gasteiger charge is 2.18. The van der Waals surface area contributed by atoms with Crippen LogP contribution in [0.5, 0.6) is 5.75 Å². The largest absolute Gasteiger partial charge is 0.480 e. The number of nitrogens with zero attached hydrogens (tertiary/aromatic N) is 1. The van der Waals surface area contributed by atoms with Gasteiger partial charge in [0.1, 0.15) is 5.75 Å². The van der Waals surface area contributed by atoms with Gasteiger partial charge in [0.2, 0.25) is 0 Å². The van der Waals surface area contributed by atoms with Gasteiger partial charge < -0.3 is 15.0 Å². The molecule has 0 fully saturated rings. The Kier molecular flexibility index (Phi) is 7.13. The summed E-state index contributed by atoms with van der Waals surface area (Å²) in [5.41, 5.74) is 1.76. The summed E-state index contributed by atoms with van der Waals surface area (Å²) in [6.07, 6.45) is -0.756. The molecular weight excluding hydrogens is 468 g/mol. The highest BCUT2D eigenvalue weighted by Crippen LogP contribution is 2.29. The van der Waals surface area contributed by atoms with Crippen LogP contribution in [0.1, 0.15) is 17.3 Å². The molecule has 0 aliphatic heterocycles. The maximum Gasteiger partial charge on any atom is 0.265 e. The number of amides is 2. The molecule has 0 aliphatic carbocycles. The van der Waals surface area contributed by atoms with Crippen molar-refractivity contribution in [3.8, 4) is 5.75 Å². The van der Waals surface area contributed by atoms with Gasteiger partial charge in [0, 0.05) is 29.0 Å². The van der Waals surface area contributed by atoms with E-state index in [2.05, 4.69) is 21.2 Å². The maximum atomic E-state index is 12.8. The highest BCUT2D eigenvalue weighted by atomic mass is 79.9. The van der Waals surface area contributed by atoms with Crippen molar-refractivity contribution >= 4 is 50.7 Å². The van der Waals surface area contributed by atoms with Crippen molar-refractivity contribution in [3.63, 3.8) is 0 Å². The lowest BCUT2D eigenvalue weighted by Gasteiger charge is -2.18. The van der Waals surface area contributed by atoms with Gasteiger partial charge in [-0.15, -0.1) is 0 Å². The summed E-state index contributed by atoms with van der Waals surface area (Å²) in [6, 6.07) is 21.2. The van der Waals surface area contributed by atoms with Crippen LogP contribution in [0, 0.1) is 0 Å². The summed E-state index contributed by atoms with van der Waals surface area (Å²) in [6.45, 7) is 1.65. The predicted octanol–water partition coefficient (Wildman–Crippen LogP) is 5.79. The fourth-order valence-corrected chi connectivity index (χ4v) is 3.53. The topological polar surface area (TPSA) is 58.6 Å². The molecule has 0 aliphatic rings. The Morgan fingerprint density at radius 1 is 1.03 bits per heavy atom. The lowest BCUT2D eigenvalue weighted by atomic mass is 10.1. The first kappa shape index (κ1) is 21.9. The van der Waals surface area contributed by atoms with Crippen LogP contribution in [0.25, 0.3) is 0 Å². The van der Waals surface area contributed by atoms with Crippen LogP contribution in [0.15, 0.2) is 77.3 Å². The van der Waals surface area contributed by atoms with Crippen molar-refractivity contribution in [1.82, 2.24) is 0 Å². The second kappa shape index (κ2) is 9.78. The molecule has 5 nitrogen and oxygen atoms in total. The fourth-order valence-electron chi connectivity index (χ4n) is 2.75. The number of rotatable bonds is 6. The Labute approximate surface area is 188 Å². The Morgan fingerprint density at radius 2 is 1.77 bits per heavy atom. The number of para-hydroxylation sites is 1. The van der Waals surface area contributed by atoms with Crippen molar-refractivity contribution < 1.29 is 14.3 Å². The number of ether oxygens (including phenoxy) is 1. The van der Waals surface area contributed by atoms with Gasteiger partial charge in [-0.3, -0.25) is 9.59 Å². The molecule has 0 radical (unpaired) electrons. The van der Waals surface area contributed by atoms with Gasteiger partial charge in [-0.2, -0.15) is 0 Å². The number of halogens is 2. The molecule has 0 heterocycles. The molecule has 3 rings (SSSR count). The zero-order valence-electron chi connectivity index (χ0n) is 16.4. The first-order valence-electron chi connectivity index (χ1n) is 9.21. The van der Waals surface area contributed by atoms with Crippen molar-refractivity contribution in [2.45, 2.75) is 13.0 Å². The summed E-state index contributed by atoms with van der Waals surface area (Å²) in [4.78, 5) is 26.9. The van der Waals surface area contributed by atoms with Gasteiger partial charge in [0.15, 0.2) is 6.10 Å². The molecule has 2 amide bonds. The molecule has 3 aromatic carbocycles. The quantitative estimate of drug-likeness (QED) is 0.479. The fraction of sp³-hybridized carbons (Fsp3) is 0.130. The number of carbonyl (C=O) groups is 2. The van der Waals surface area contributed by atoms with Gasteiger partial charge in [-0.25, -0.2) is 0 Å².